The lowest BCUT2D eigenvalue weighted by molar-refractivity contribution is 0.600. The van der Waals surface area contributed by atoms with Gasteiger partial charge in [0.15, 0.2) is 16.9 Å². The second kappa shape index (κ2) is 5.10. The predicted molar refractivity (Wildman–Crippen MR) is 53.3 cm³/mol. The standard InChI is InChI=1S/C4O4P4S/c5-9-1-2(10-6)4(12-8)13-3(1)11-7. The highest BCUT2D eigenvalue weighted by Crippen LogP contribution is 2.12. The Morgan fingerprint density at radius 3 is 1.31 bits per heavy atom. The highest BCUT2D eigenvalue weighted by atomic mass is 32.1. The molecule has 0 spiro atoms. The average Bonchev–Trinajstić information content (AvgIpc) is 2.54. The Bertz CT molecular complexity index is 351. The van der Waals surface area contributed by atoms with Gasteiger partial charge in [0.2, 0.25) is 16.9 Å². The van der Waals surface area contributed by atoms with Crippen LogP contribution in [0, 0.1) is 0 Å². The molecule has 0 unspecified atom stereocenters. The van der Waals surface area contributed by atoms with Crippen LogP contribution in [0.2, 0.25) is 0 Å². The first-order valence-corrected chi connectivity index (χ1v) is 6.85. The number of hydrogen-bond donors (Lipinski definition) is 0. The van der Waals surface area contributed by atoms with Crippen molar-refractivity contribution in [2.75, 3.05) is 0 Å². The van der Waals surface area contributed by atoms with E-state index in [9.17, 15) is 18.3 Å². The number of hydrogen-bond acceptors (Lipinski definition) is 5. The van der Waals surface area contributed by atoms with E-state index in [2.05, 4.69) is 0 Å². The molecule has 0 radical (unpaired) electrons. The molecule has 0 bridgehead atoms. The van der Waals surface area contributed by atoms with Crippen molar-refractivity contribution < 1.29 is 18.3 Å². The second-order valence-corrected chi connectivity index (χ2v) is 5.92. The van der Waals surface area contributed by atoms with Crippen molar-refractivity contribution in [1.29, 1.82) is 0 Å². The van der Waals surface area contributed by atoms with Crippen molar-refractivity contribution in [3.8, 4) is 0 Å². The van der Waals surface area contributed by atoms with Gasteiger partial charge in [-0.25, -0.2) is 0 Å². The molecule has 0 N–H and O–H groups in total. The van der Waals surface area contributed by atoms with Crippen LogP contribution in [0.1, 0.15) is 0 Å². The van der Waals surface area contributed by atoms with Crippen LogP contribution >= 0.6 is 45.2 Å². The van der Waals surface area contributed by atoms with E-state index in [1.165, 1.54) is 0 Å². The summed E-state index contributed by atoms with van der Waals surface area (Å²) in [5.74, 6) is 0. The molecule has 1 aromatic rings. The van der Waals surface area contributed by atoms with Gasteiger partial charge < -0.3 is 0 Å². The number of rotatable bonds is 4. The van der Waals surface area contributed by atoms with Gasteiger partial charge in [0.05, 0.1) is 10.6 Å². The van der Waals surface area contributed by atoms with Crippen LogP contribution in [0.25, 0.3) is 0 Å². The minimum Gasteiger partial charge on any atom is -0.269 e. The molecule has 0 atom stereocenters. The zero-order valence-corrected chi connectivity index (χ0v) is 10.2. The van der Waals surface area contributed by atoms with Gasteiger partial charge in [0, 0.05) is 0 Å². The molecule has 66 valence electrons. The third-order valence-electron chi connectivity index (χ3n) is 1.17. The summed E-state index contributed by atoms with van der Waals surface area (Å²) in [4.78, 5) is 0. The third kappa shape index (κ3) is 2.13. The Labute approximate surface area is 83.6 Å². The topological polar surface area (TPSA) is 68.3 Å². The molecule has 0 aliphatic carbocycles. The van der Waals surface area contributed by atoms with Gasteiger partial charge in [-0.05, 0) is 0 Å². The van der Waals surface area contributed by atoms with Crippen molar-refractivity contribution >= 4 is 65.0 Å². The zero-order chi connectivity index (χ0) is 9.84. The SMILES string of the molecule is O=Pc1sc(P=O)c(P=O)c1P=O. The van der Waals surface area contributed by atoms with E-state index in [4.69, 9.17) is 0 Å². The fraction of sp³-hybridized carbons (Fsp3) is 0. The molecule has 0 aliphatic rings. The van der Waals surface area contributed by atoms with Gasteiger partial charge in [-0.3, -0.25) is 18.3 Å². The van der Waals surface area contributed by atoms with E-state index in [1.807, 2.05) is 0 Å². The van der Waals surface area contributed by atoms with Crippen LogP contribution in [0.15, 0.2) is 0 Å². The van der Waals surface area contributed by atoms with Gasteiger partial charge in [0.25, 0.3) is 0 Å². The van der Waals surface area contributed by atoms with Crippen molar-refractivity contribution in [1.82, 2.24) is 0 Å². The molecule has 4 nitrogen and oxygen atoms in total. The van der Waals surface area contributed by atoms with E-state index < -0.39 is 0 Å². The summed E-state index contributed by atoms with van der Waals surface area (Å²) < 4.78 is 42.9. The summed E-state index contributed by atoms with van der Waals surface area (Å²) >= 11 is 0.972. The molecular formula is C4O4P4S. The lowest BCUT2D eigenvalue weighted by atomic mass is 10.6. The van der Waals surface area contributed by atoms with Gasteiger partial charge in [-0.2, -0.15) is 0 Å². The van der Waals surface area contributed by atoms with E-state index >= 15 is 0 Å². The summed E-state index contributed by atoms with van der Waals surface area (Å²) in [7, 11) is -1.33. The number of thiophene rings is 1. The van der Waals surface area contributed by atoms with E-state index in [-0.39, 0.29) is 44.4 Å². The molecular weight excluding hydrogens is 268 g/mol. The van der Waals surface area contributed by atoms with E-state index in [1.54, 1.807) is 0 Å². The Morgan fingerprint density at radius 1 is 0.692 bits per heavy atom. The maximum absolute atomic E-state index is 10.6. The largest absolute Gasteiger partial charge is 0.269 e. The van der Waals surface area contributed by atoms with Crippen LogP contribution in [0.5, 0.6) is 0 Å². The van der Waals surface area contributed by atoms with E-state index in [0.29, 0.717) is 9.24 Å². The zero-order valence-electron chi connectivity index (χ0n) is 5.83. The summed E-state index contributed by atoms with van der Waals surface area (Å²) in [6, 6.07) is 0. The Hall–Kier alpha value is 0.1000. The van der Waals surface area contributed by atoms with Crippen molar-refractivity contribution in [3.63, 3.8) is 0 Å². The smallest absolute Gasteiger partial charge is 0.204 e. The van der Waals surface area contributed by atoms with Crippen LogP contribution in [-0.2, 0) is 18.3 Å². The molecule has 0 saturated carbocycles. The monoisotopic (exact) mass is 268 g/mol. The first kappa shape index (κ1) is 11.2. The fourth-order valence-electron chi connectivity index (χ4n) is 0.679. The van der Waals surface area contributed by atoms with Gasteiger partial charge in [0.1, 0.15) is 9.24 Å². The van der Waals surface area contributed by atoms with Crippen molar-refractivity contribution in [2.24, 2.45) is 0 Å². The molecule has 1 aromatic heterocycles. The summed E-state index contributed by atoms with van der Waals surface area (Å²) in [5.41, 5.74) is 0. The van der Waals surface area contributed by atoms with Gasteiger partial charge in [-0.1, -0.05) is 0 Å². The molecule has 1 heterocycles. The normalized spacial score (nSPS) is 11.7. The minimum absolute atomic E-state index is 0.205. The molecule has 1 rings (SSSR count). The first-order chi connectivity index (χ1) is 6.28. The second-order valence-electron chi connectivity index (χ2n) is 1.77. The quantitative estimate of drug-likeness (QED) is 0.774. The molecule has 13 heavy (non-hydrogen) atoms. The molecule has 0 amide bonds. The van der Waals surface area contributed by atoms with Crippen molar-refractivity contribution in [3.05, 3.63) is 0 Å². The summed E-state index contributed by atoms with van der Waals surface area (Å²) in [6.45, 7) is 0. The maximum atomic E-state index is 10.6. The summed E-state index contributed by atoms with van der Waals surface area (Å²) in [5, 5.41) is 0.411. The maximum Gasteiger partial charge on any atom is 0.204 e. The van der Waals surface area contributed by atoms with Crippen LogP contribution < -0.4 is 19.8 Å². The Balaban J connectivity index is 3.50. The Kier molecular flexibility index (Phi) is 4.38. The lowest BCUT2D eigenvalue weighted by Gasteiger charge is -1.82. The van der Waals surface area contributed by atoms with Crippen LogP contribution in [-0.4, -0.2) is 0 Å². The molecule has 0 fully saturated rings. The lowest BCUT2D eigenvalue weighted by Crippen LogP contribution is -2.22. The van der Waals surface area contributed by atoms with Crippen LogP contribution in [0.4, 0.5) is 0 Å². The Morgan fingerprint density at radius 2 is 1.08 bits per heavy atom. The third-order valence-corrected chi connectivity index (χ3v) is 5.83. The van der Waals surface area contributed by atoms with Gasteiger partial charge in [-0.15, -0.1) is 11.3 Å². The molecule has 0 aliphatic heterocycles. The fourth-order valence-corrected chi connectivity index (χ4v) is 4.83. The highest BCUT2D eigenvalue weighted by Gasteiger charge is 2.19. The highest BCUT2D eigenvalue weighted by molar-refractivity contribution is 7.63. The molecule has 0 aromatic carbocycles. The minimum atomic E-state index is -0.361. The average molecular weight is 268 g/mol. The predicted octanol–water partition coefficient (Wildman–Crippen LogP) is 1.42. The summed E-state index contributed by atoms with van der Waals surface area (Å²) in [6.07, 6.45) is 0. The van der Waals surface area contributed by atoms with Gasteiger partial charge >= 0.3 is 0 Å². The molecule has 9 heteroatoms. The van der Waals surface area contributed by atoms with Crippen LogP contribution in [0.3, 0.4) is 0 Å². The van der Waals surface area contributed by atoms with E-state index in [0.717, 1.165) is 11.3 Å². The van der Waals surface area contributed by atoms with Crippen molar-refractivity contribution in [2.45, 2.75) is 0 Å². The molecule has 0 saturated heterocycles. The first-order valence-electron chi connectivity index (χ1n) is 2.78.